The third-order valence-corrected chi connectivity index (χ3v) is 4.79. The smallest absolute Gasteiger partial charge is 0.249 e. The van der Waals surface area contributed by atoms with Gasteiger partial charge in [0.2, 0.25) is 11.8 Å². The van der Waals surface area contributed by atoms with E-state index in [9.17, 15) is 14.0 Å². The minimum atomic E-state index is -1.09. The first kappa shape index (κ1) is 21.2. The third-order valence-electron chi connectivity index (χ3n) is 4.79. The quantitative estimate of drug-likeness (QED) is 0.621. The molecular formula is C24H23FN2O3. The molecule has 0 bridgehead atoms. The molecule has 0 radical (unpaired) electrons. The van der Waals surface area contributed by atoms with Crippen LogP contribution >= 0.6 is 0 Å². The van der Waals surface area contributed by atoms with E-state index in [1.54, 1.807) is 6.07 Å². The summed E-state index contributed by atoms with van der Waals surface area (Å²) in [5.41, 5.74) is 7.60. The van der Waals surface area contributed by atoms with Crippen molar-refractivity contribution in [2.45, 2.75) is 12.1 Å². The SMILES string of the molecule is CN(C(=O)COC(c1ccccc1)c1ccccc1)C(C(N)=O)c1cccc(F)c1. The highest BCUT2D eigenvalue weighted by molar-refractivity contribution is 5.88. The Morgan fingerprint density at radius 1 is 0.900 bits per heavy atom. The van der Waals surface area contributed by atoms with E-state index in [4.69, 9.17) is 10.5 Å². The average Bonchev–Trinajstić information content (AvgIpc) is 2.75. The van der Waals surface area contributed by atoms with Crippen LogP contribution in [0.1, 0.15) is 28.8 Å². The Labute approximate surface area is 174 Å². The van der Waals surface area contributed by atoms with E-state index in [0.717, 1.165) is 11.1 Å². The van der Waals surface area contributed by atoms with Gasteiger partial charge in [-0.1, -0.05) is 72.8 Å². The number of primary amides is 1. The zero-order valence-corrected chi connectivity index (χ0v) is 16.6. The fourth-order valence-corrected chi connectivity index (χ4v) is 3.30. The molecule has 0 aliphatic heterocycles. The molecule has 3 rings (SSSR count). The summed E-state index contributed by atoms with van der Waals surface area (Å²) in [4.78, 5) is 26.0. The summed E-state index contributed by atoms with van der Waals surface area (Å²) < 4.78 is 19.6. The predicted molar refractivity (Wildman–Crippen MR) is 112 cm³/mol. The number of nitrogens with zero attached hydrogens (tertiary/aromatic N) is 1. The number of halogens is 1. The Morgan fingerprint density at radius 3 is 1.93 bits per heavy atom. The maximum atomic E-state index is 13.6. The van der Waals surface area contributed by atoms with Gasteiger partial charge in [-0.15, -0.1) is 0 Å². The summed E-state index contributed by atoms with van der Waals surface area (Å²) in [5.74, 6) is -1.71. The summed E-state index contributed by atoms with van der Waals surface area (Å²) in [6.07, 6.45) is -0.453. The van der Waals surface area contributed by atoms with Crippen molar-refractivity contribution in [2.24, 2.45) is 5.73 Å². The topological polar surface area (TPSA) is 72.6 Å². The normalized spacial score (nSPS) is 11.8. The van der Waals surface area contributed by atoms with Crippen molar-refractivity contribution in [3.05, 3.63) is 107 Å². The first-order chi connectivity index (χ1) is 14.5. The predicted octanol–water partition coefficient (Wildman–Crippen LogP) is 3.62. The van der Waals surface area contributed by atoms with Crippen molar-refractivity contribution >= 4 is 11.8 Å². The number of carbonyl (C=O) groups excluding carboxylic acids is 2. The van der Waals surface area contributed by atoms with Crippen LogP contribution in [0.4, 0.5) is 4.39 Å². The van der Waals surface area contributed by atoms with Gasteiger partial charge in [-0.3, -0.25) is 9.59 Å². The molecule has 0 aliphatic carbocycles. The van der Waals surface area contributed by atoms with E-state index in [1.807, 2.05) is 60.7 Å². The second-order valence-corrected chi connectivity index (χ2v) is 6.88. The largest absolute Gasteiger partial charge is 0.368 e. The van der Waals surface area contributed by atoms with Gasteiger partial charge in [-0.2, -0.15) is 0 Å². The molecule has 0 heterocycles. The molecule has 3 aromatic carbocycles. The molecule has 3 aromatic rings. The van der Waals surface area contributed by atoms with Crippen LogP contribution in [0.3, 0.4) is 0 Å². The van der Waals surface area contributed by atoms with Crippen LogP contribution in [0.25, 0.3) is 0 Å². The van der Waals surface area contributed by atoms with Crippen molar-refractivity contribution in [3.8, 4) is 0 Å². The van der Waals surface area contributed by atoms with Gasteiger partial charge in [0.15, 0.2) is 0 Å². The number of likely N-dealkylation sites (N-methyl/N-ethyl adjacent to an activating group) is 1. The Balaban J connectivity index is 1.78. The first-order valence-electron chi connectivity index (χ1n) is 9.49. The maximum absolute atomic E-state index is 13.6. The lowest BCUT2D eigenvalue weighted by molar-refractivity contribution is -0.142. The molecule has 1 unspecified atom stereocenters. The molecule has 5 nitrogen and oxygen atoms in total. The second-order valence-electron chi connectivity index (χ2n) is 6.88. The van der Waals surface area contributed by atoms with Crippen molar-refractivity contribution in [2.75, 3.05) is 13.7 Å². The maximum Gasteiger partial charge on any atom is 0.249 e. The van der Waals surface area contributed by atoms with Crippen molar-refractivity contribution in [3.63, 3.8) is 0 Å². The van der Waals surface area contributed by atoms with Gasteiger partial charge in [0, 0.05) is 7.05 Å². The number of benzene rings is 3. The van der Waals surface area contributed by atoms with E-state index in [-0.39, 0.29) is 6.61 Å². The van der Waals surface area contributed by atoms with Crippen molar-refractivity contribution in [1.82, 2.24) is 4.90 Å². The number of rotatable bonds is 8. The molecule has 0 aliphatic rings. The lowest BCUT2D eigenvalue weighted by Gasteiger charge is -2.27. The summed E-state index contributed by atoms with van der Waals surface area (Å²) in [6.45, 7) is -0.274. The fraction of sp³-hybridized carbons (Fsp3) is 0.167. The van der Waals surface area contributed by atoms with Crippen LogP contribution in [0.15, 0.2) is 84.9 Å². The molecule has 0 spiro atoms. The van der Waals surface area contributed by atoms with E-state index < -0.39 is 29.8 Å². The Kier molecular flexibility index (Phi) is 6.93. The van der Waals surface area contributed by atoms with Gasteiger partial charge in [0.05, 0.1) is 0 Å². The Bertz CT molecular complexity index is 956. The summed E-state index contributed by atoms with van der Waals surface area (Å²) >= 11 is 0. The average molecular weight is 406 g/mol. The lowest BCUT2D eigenvalue weighted by atomic mass is 10.0. The van der Waals surface area contributed by atoms with Crippen LogP contribution in [-0.2, 0) is 14.3 Å². The van der Waals surface area contributed by atoms with Gasteiger partial charge in [0.1, 0.15) is 24.6 Å². The monoisotopic (exact) mass is 406 g/mol. The Hall–Kier alpha value is -3.51. The van der Waals surface area contributed by atoms with Gasteiger partial charge in [-0.05, 0) is 28.8 Å². The fourth-order valence-electron chi connectivity index (χ4n) is 3.30. The molecule has 0 saturated carbocycles. The highest BCUT2D eigenvalue weighted by Gasteiger charge is 2.28. The molecule has 6 heteroatoms. The van der Waals surface area contributed by atoms with E-state index in [2.05, 4.69) is 0 Å². The van der Waals surface area contributed by atoms with Crippen LogP contribution in [0.5, 0.6) is 0 Å². The summed E-state index contributed by atoms with van der Waals surface area (Å²) in [5, 5.41) is 0. The number of ether oxygens (including phenoxy) is 1. The van der Waals surface area contributed by atoms with Gasteiger partial charge >= 0.3 is 0 Å². The van der Waals surface area contributed by atoms with E-state index >= 15 is 0 Å². The minimum Gasteiger partial charge on any atom is -0.368 e. The van der Waals surface area contributed by atoms with E-state index in [1.165, 1.54) is 30.1 Å². The molecule has 0 aromatic heterocycles. The van der Waals surface area contributed by atoms with Gasteiger partial charge in [0.25, 0.3) is 0 Å². The molecule has 1 atom stereocenters. The van der Waals surface area contributed by atoms with Gasteiger partial charge < -0.3 is 15.4 Å². The summed E-state index contributed by atoms with van der Waals surface area (Å²) in [7, 11) is 1.45. The molecule has 0 fully saturated rings. The Morgan fingerprint density at radius 2 is 1.43 bits per heavy atom. The number of nitrogens with two attached hydrogens (primary N) is 1. The number of amides is 2. The molecule has 154 valence electrons. The summed E-state index contributed by atoms with van der Waals surface area (Å²) in [6, 6.07) is 23.5. The number of hydrogen-bond acceptors (Lipinski definition) is 3. The first-order valence-corrected chi connectivity index (χ1v) is 9.49. The van der Waals surface area contributed by atoms with Crippen LogP contribution in [0.2, 0.25) is 0 Å². The molecule has 2 amide bonds. The second kappa shape index (κ2) is 9.80. The zero-order chi connectivity index (χ0) is 21.5. The molecular weight excluding hydrogens is 383 g/mol. The van der Waals surface area contributed by atoms with Crippen LogP contribution in [-0.4, -0.2) is 30.4 Å². The van der Waals surface area contributed by atoms with E-state index in [0.29, 0.717) is 5.56 Å². The highest BCUT2D eigenvalue weighted by Crippen LogP contribution is 2.26. The van der Waals surface area contributed by atoms with Crippen LogP contribution < -0.4 is 5.73 Å². The number of carbonyl (C=O) groups is 2. The van der Waals surface area contributed by atoms with Gasteiger partial charge in [-0.25, -0.2) is 4.39 Å². The molecule has 2 N–H and O–H groups in total. The molecule has 30 heavy (non-hydrogen) atoms. The third kappa shape index (κ3) is 5.10. The zero-order valence-electron chi connectivity index (χ0n) is 16.6. The standard InChI is InChI=1S/C24H23FN2O3/c1-27(22(24(26)29)19-13-8-14-20(25)15-19)21(28)16-30-23(17-9-4-2-5-10-17)18-11-6-3-7-12-18/h2-15,22-23H,16H2,1H3,(H2,26,29). The minimum absolute atomic E-state index is 0.274. The van der Waals surface area contributed by atoms with Crippen molar-refractivity contribution in [1.29, 1.82) is 0 Å². The molecule has 0 saturated heterocycles. The highest BCUT2D eigenvalue weighted by atomic mass is 19.1. The van der Waals surface area contributed by atoms with Crippen molar-refractivity contribution < 1.29 is 18.7 Å². The van der Waals surface area contributed by atoms with Crippen LogP contribution in [0, 0.1) is 5.82 Å². The lowest BCUT2D eigenvalue weighted by Crippen LogP contribution is -2.41. The number of hydrogen-bond donors (Lipinski definition) is 1.